The van der Waals surface area contributed by atoms with E-state index in [1.54, 1.807) is 6.92 Å². The van der Waals surface area contributed by atoms with Crippen LogP contribution in [-0.2, 0) is 16.6 Å². The molecular formula is C14H22N4O2S. The molecule has 3 N–H and O–H groups in total. The van der Waals surface area contributed by atoms with Crippen molar-refractivity contribution in [1.82, 2.24) is 14.3 Å². The first kappa shape index (κ1) is 15.8. The SMILES string of the molecule is CCNS(=O)(=O)CCn1c(C(C)C)nc2cc(N)ccc21. The molecule has 0 aliphatic rings. The predicted octanol–water partition coefficient (Wildman–Crippen LogP) is 1.68. The van der Waals surface area contributed by atoms with Crippen molar-refractivity contribution in [3.05, 3.63) is 24.0 Å². The van der Waals surface area contributed by atoms with Crippen LogP contribution in [0.5, 0.6) is 0 Å². The van der Waals surface area contributed by atoms with Crippen LogP contribution in [0.2, 0.25) is 0 Å². The number of nitrogens with one attached hydrogen (secondary N) is 1. The number of sulfonamides is 1. The van der Waals surface area contributed by atoms with Gasteiger partial charge in [0, 0.05) is 24.7 Å². The van der Waals surface area contributed by atoms with E-state index in [9.17, 15) is 8.42 Å². The van der Waals surface area contributed by atoms with Crippen molar-refractivity contribution in [2.75, 3.05) is 18.0 Å². The molecule has 0 radical (unpaired) electrons. The van der Waals surface area contributed by atoms with Crippen LogP contribution in [0, 0.1) is 0 Å². The van der Waals surface area contributed by atoms with Crippen LogP contribution in [0.15, 0.2) is 18.2 Å². The molecule has 116 valence electrons. The number of aromatic nitrogens is 2. The van der Waals surface area contributed by atoms with Crippen LogP contribution >= 0.6 is 0 Å². The molecule has 0 amide bonds. The summed E-state index contributed by atoms with van der Waals surface area (Å²) in [5, 5.41) is 0. The quantitative estimate of drug-likeness (QED) is 0.794. The van der Waals surface area contributed by atoms with Crippen molar-refractivity contribution in [3.8, 4) is 0 Å². The topological polar surface area (TPSA) is 90.0 Å². The van der Waals surface area contributed by atoms with Gasteiger partial charge < -0.3 is 10.3 Å². The highest BCUT2D eigenvalue weighted by Gasteiger charge is 2.16. The number of nitrogens with zero attached hydrogens (tertiary/aromatic N) is 2. The fourth-order valence-electron chi connectivity index (χ4n) is 2.34. The molecule has 0 saturated heterocycles. The fourth-order valence-corrected chi connectivity index (χ4v) is 3.35. The van der Waals surface area contributed by atoms with E-state index in [2.05, 4.69) is 9.71 Å². The third-order valence-corrected chi connectivity index (χ3v) is 4.71. The summed E-state index contributed by atoms with van der Waals surface area (Å²) in [6.07, 6.45) is 0. The molecule has 0 aliphatic carbocycles. The van der Waals surface area contributed by atoms with E-state index in [0.717, 1.165) is 16.9 Å². The number of aryl methyl sites for hydroxylation is 1. The van der Waals surface area contributed by atoms with Crippen molar-refractivity contribution < 1.29 is 8.42 Å². The largest absolute Gasteiger partial charge is 0.399 e. The Morgan fingerprint density at radius 3 is 2.71 bits per heavy atom. The maximum absolute atomic E-state index is 11.8. The Balaban J connectivity index is 2.39. The molecule has 0 unspecified atom stereocenters. The van der Waals surface area contributed by atoms with Crippen molar-refractivity contribution in [3.63, 3.8) is 0 Å². The average molecular weight is 310 g/mol. The van der Waals surface area contributed by atoms with Gasteiger partial charge in [-0.25, -0.2) is 18.1 Å². The Morgan fingerprint density at radius 1 is 1.38 bits per heavy atom. The highest BCUT2D eigenvalue weighted by molar-refractivity contribution is 7.89. The lowest BCUT2D eigenvalue weighted by atomic mass is 10.2. The van der Waals surface area contributed by atoms with Gasteiger partial charge in [-0.05, 0) is 18.2 Å². The minimum Gasteiger partial charge on any atom is -0.399 e. The van der Waals surface area contributed by atoms with E-state index < -0.39 is 10.0 Å². The molecule has 1 aromatic carbocycles. The second-order valence-corrected chi connectivity index (χ2v) is 7.27. The average Bonchev–Trinajstić information content (AvgIpc) is 2.74. The molecule has 0 spiro atoms. The zero-order chi connectivity index (χ0) is 15.6. The monoisotopic (exact) mass is 310 g/mol. The third kappa shape index (κ3) is 3.54. The van der Waals surface area contributed by atoms with Crippen LogP contribution in [0.4, 0.5) is 5.69 Å². The van der Waals surface area contributed by atoms with Crippen LogP contribution in [0.3, 0.4) is 0 Å². The van der Waals surface area contributed by atoms with Crippen LogP contribution < -0.4 is 10.5 Å². The Labute approximate surface area is 125 Å². The Kier molecular flexibility index (Phi) is 4.53. The summed E-state index contributed by atoms with van der Waals surface area (Å²) in [5.41, 5.74) is 8.16. The zero-order valence-electron chi connectivity index (χ0n) is 12.6. The van der Waals surface area contributed by atoms with E-state index in [0.29, 0.717) is 18.8 Å². The number of anilines is 1. The van der Waals surface area contributed by atoms with Crippen LogP contribution in [0.25, 0.3) is 11.0 Å². The maximum atomic E-state index is 11.8. The second-order valence-electron chi connectivity index (χ2n) is 5.34. The molecule has 0 atom stereocenters. The van der Waals surface area contributed by atoms with Gasteiger partial charge in [0.1, 0.15) is 5.82 Å². The number of nitrogens with two attached hydrogens (primary N) is 1. The molecule has 0 bridgehead atoms. The smallest absolute Gasteiger partial charge is 0.213 e. The van der Waals surface area contributed by atoms with E-state index in [4.69, 9.17) is 5.73 Å². The number of hydrogen-bond donors (Lipinski definition) is 2. The number of hydrogen-bond acceptors (Lipinski definition) is 4. The lowest BCUT2D eigenvalue weighted by molar-refractivity contribution is 0.574. The van der Waals surface area contributed by atoms with Gasteiger partial charge in [0.15, 0.2) is 0 Å². The van der Waals surface area contributed by atoms with Gasteiger partial charge in [0.2, 0.25) is 10.0 Å². The zero-order valence-corrected chi connectivity index (χ0v) is 13.4. The number of fused-ring (bicyclic) bond motifs is 1. The summed E-state index contributed by atoms with van der Waals surface area (Å²) in [6, 6.07) is 5.52. The lowest BCUT2D eigenvalue weighted by Gasteiger charge is -2.12. The third-order valence-electron chi connectivity index (χ3n) is 3.27. The van der Waals surface area contributed by atoms with Crippen molar-refractivity contribution >= 4 is 26.7 Å². The van der Waals surface area contributed by atoms with Crippen LogP contribution in [0.1, 0.15) is 32.5 Å². The molecule has 1 aromatic heterocycles. The summed E-state index contributed by atoms with van der Waals surface area (Å²) in [6.45, 7) is 6.63. The first-order valence-electron chi connectivity index (χ1n) is 7.07. The molecule has 0 saturated carbocycles. The second kappa shape index (κ2) is 6.03. The number of imidazole rings is 1. The van der Waals surface area contributed by atoms with Crippen LogP contribution in [-0.4, -0.2) is 30.3 Å². The highest BCUT2D eigenvalue weighted by Crippen LogP contribution is 2.23. The standard InChI is InChI=1S/C14H22N4O2S/c1-4-16-21(19,20)8-7-18-13-6-5-11(15)9-12(13)17-14(18)10(2)3/h5-6,9-10,16H,4,7-8,15H2,1-3H3. The summed E-state index contributed by atoms with van der Waals surface area (Å²) >= 11 is 0. The van der Waals surface area contributed by atoms with Gasteiger partial charge in [-0.1, -0.05) is 20.8 Å². The van der Waals surface area contributed by atoms with Crippen molar-refractivity contribution in [1.29, 1.82) is 0 Å². The minimum absolute atomic E-state index is 0.0381. The van der Waals surface area contributed by atoms with Gasteiger partial charge in [-0.15, -0.1) is 0 Å². The fraction of sp³-hybridized carbons (Fsp3) is 0.500. The first-order chi connectivity index (χ1) is 9.84. The van der Waals surface area contributed by atoms with E-state index in [1.165, 1.54) is 0 Å². The molecular weight excluding hydrogens is 288 g/mol. The van der Waals surface area contributed by atoms with Gasteiger partial charge >= 0.3 is 0 Å². The van der Waals surface area contributed by atoms with Crippen molar-refractivity contribution in [2.45, 2.75) is 33.2 Å². The van der Waals surface area contributed by atoms with E-state index >= 15 is 0 Å². The molecule has 7 heteroatoms. The minimum atomic E-state index is -3.25. The molecule has 2 rings (SSSR count). The number of nitrogen functional groups attached to an aromatic ring is 1. The lowest BCUT2D eigenvalue weighted by Crippen LogP contribution is -2.28. The summed E-state index contributed by atoms with van der Waals surface area (Å²) in [4.78, 5) is 4.59. The first-order valence-corrected chi connectivity index (χ1v) is 8.72. The molecule has 2 aromatic rings. The summed E-state index contributed by atoms with van der Waals surface area (Å²) in [7, 11) is -3.25. The molecule has 21 heavy (non-hydrogen) atoms. The molecule has 1 heterocycles. The van der Waals surface area contributed by atoms with Crippen molar-refractivity contribution in [2.24, 2.45) is 0 Å². The normalized spacial score (nSPS) is 12.4. The highest BCUT2D eigenvalue weighted by atomic mass is 32.2. The van der Waals surface area contributed by atoms with E-state index in [-0.39, 0.29) is 11.7 Å². The predicted molar refractivity (Wildman–Crippen MR) is 85.7 cm³/mol. The van der Waals surface area contributed by atoms with Gasteiger partial charge in [-0.3, -0.25) is 0 Å². The molecule has 6 nitrogen and oxygen atoms in total. The van der Waals surface area contributed by atoms with E-state index in [1.807, 2.05) is 36.6 Å². The van der Waals surface area contributed by atoms with Gasteiger partial charge in [0.05, 0.1) is 16.8 Å². The summed E-state index contributed by atoms with van der Waals surface area (Å²) in [5.74, 6) is 1.12. The van der Waals surface area contributed by atoms with Gasteiger partial charge in [0.25, 0.3) is 0 Å². The molecule has 0 fully saturated rings. The Morgan fingerprint density at radius 2 is 2.10 bits per heavy atom. The van der Waals surface area contributed by atoms with Gasteiger partial charge in [-0.2, -0.15) is 0 Å². The Bertz CT molecular complexity index is 735. The summed E-state index contributed by atoms with van der Waals surface area (Å²) < 4.78 is 28.1. The Hall–Kier alpha value is -1.60. The number of benzene rings is 1. The maximum Gasteiger partial charge on any atom is 0.213 e. The molecule has 0 aliphatic heterocycles. The number of rotatable bonds is 6.